The maximum absolute atomic E-state index is 12.4. The van der Waals surface area contributed by atoms with E-state index in [4.69, 9.17) is 11.6 Å². The van der Waals surface area contributed by atoms with Crippen molar-refractivity contribution in [2.45, 2.75) is 0 Å². The number of benzene rings is 1. The maximum Gasteiger partial charge on any atom is 0.271 e. The molecule has 0 aromatic heterocycles. The minimum Gasteiger partial charge on any atom is -0.338 e. The number of rotatable bonds is 2. The van der Waals surface area contributed by atoms with Gasteiger partial charge in [-0.1, -0.05) is 11.6 Å². The zero-order valence-electron chi connectivity index (χ0n) is 10.7. The summed E-state index contributed by atoms with van der Waals surface area (Å²) in [5.74, 6) is 0.811. The quantitative estimate of drug-likeness (QED) is 0.663. The lowest BCUT2D eigenvalue weighted by Crippen LogP contribution is -2.31. The first-order valence-corrected chi connectivity index (χ1v) is 6.87. The SMILES string of the molecule is O=C(c1cc(Cl)cc([N+](=O)[O-])c1)N1C[C@H]2CNC[C@H]2C1. The second-order valence-electron chi connectivity index (χ2n) is 5.34. The Hall–Kier alpha value is -1.66. The van der Waals surface area contributed by atoms with Crippen LogP contribution < -0.4 is 5.32 Å². The third-order valence-corrected chi connectivity index (χ3v) is 4.24. The number of non-ortho nitro benzene ring substituents is 1. The van der Waals surface area contributed by atoms with E-state index < -0.39 is 4.92 Å². The molecule has 2 heterocycles. The van der Waals surface area contributed by atoms with Gasteiger partial charge in [-0.3, -0.25) is 14.9 Å². The molecule has 0 radical (unpaired) electrons. The third kappa shape index (κ3) is 2.36. The number of carbonyl (C=O) groups is 1. The number of fused-ring (bicyclic) bond motifs is 1. The van der Waals surface area contributed by atoms with Crippen LogP contribution >= 0.6 is 11.6 Å². The third-order valence-electron chi connectivity index (χ3n) is 4.02. The van der Waals surface area contributed by atoms with E-state index in [2.05, 4.69) is 5.32 Å². The van der Waals surface area contributed by atoms with Gasteiger partial charge in [0, 0.05) is 48.9 Å². The van der Waals surface area contributed by atoms with Gasteiger partial charge in [-0.05, 0) is 17.9 Å². The normalized spacial score (nSPS) is 24.8. The van der Waals surface area contributed by atoms with Gasteiger partial charge in [0.05, 0.1) is 4.92 Å². The lowest BCUT2D eigenvalue weighted by molar-refractivity contribution is -0.384. The first-order chi connectivity index (χ1) is 9.54. The van der Waals surface area contributed by atoms with Crippen molar-refractivity contribution in [2.24, 2.45) is 11.8 Å². The Balaban J connectivity index is 1.82. The van der Waals surface area contributed by atoms with E-state index in [0.29, 0.717) is 24.9 Å². The first kappa shape index (κ1) is 13.3. The number of halogens is 1. The molecule has 0 saturated carbocycles. The number of nitro groups is 1. The number of carbonyl (C=O) groups excluding carboxylic acids is 1. The molecular weight excluding hydrogens is 282 g/mol. The Labute approximate surface area is 120 Å². The molecule has 0 unspecified atom stereocenters. The molecule has 1 aromatic rings. The van der Waals surface area contributed by atoms with Crippen LogP contribution in [0.1, 0.15) is 10.4 Å². The molecule has 0 aliphatic carbocycles. The van der Waals surface area contributed by atoms with Gasteiger partial charge < -0.3 is 10.2 Å². The summed E-state index contributed by atoms with van der Waals surface area (Å²) in [5.41, 5.74) is 0.138. The van der Waals surface area contributed by atoms with Crippen molar-refractivity contribution in [3.05, 3.63) is 38.9 Å². The van der Waals surface area contributed by atoms with Crippen LogP contribution in [0.2, 0.25) is 5.02 Å². The van der Waals surface area contributed by atoms with Crippen LogP contribution in [0, 0.1) is 22.0 Å². The molecule has 0 bridgehead atoms. The van der Waals surface area contributed by atoms with Crippen molar-refractivity contribution in [3.63, 3.8) is 0 Å². The van der Waals surface area contributed by atoms with Gasteiger partial charge in [0.15, 0.2) is 0 Å². The van der Waals surface area contributed by atoms with E-state index in [1.54, 1.807) is 4.90 Å². The molecule has 6 nitrogen and oxygen atoms in total. The summed E-state index contributed by atoms with van der Waals surface area (Å²) >= 11 is 5.86. The molecule has 2 aliphatic rings. The molecule has 20 heavy (non-hydrogen) atoms. The Morgan fingerprint density at radius 2 is 1.95 bits per heavy atom. The summed E-state index contributed by atoms with van der Waals surface area (Å²) in [7, 11) is 0. The van der Waals surface area contributed by atoms with E-state index in [1.165, 1.54) is 18.2 Å². The molecular formula is C13H14ClN3O3. The van der Waals surface area contributed by atoms with E-state index >= 15 is 0 Å². The van der Waals surface area contributed by atoms with Crippen LogP contribution in [0.25, 0.3) is 0 Å². The highest BCUT2D eigenvalue weighted by Crippen LogP contribution is 2.29. The largest absolute Gasteiger partial charge is 0.338 e. The number of amides is 1. The zero-order chi connectivity index (χ0) is 14.3. The van der Waals surface area contributed by atoms with Crippen molar-refractivity contribution >= 4 is 23.2 Å². The number of hydrogen-bond acceptors (Lipinski definition) is 4. The molecule has 1 aromatic carbocycles. The number of hydrogen-bond donors (Lipinski definition) is 1. The minimum atomic E-state index is -0.536. The van der Waals surface area contributed by atoms with Gasteiger partial charge in [0.25, 0.3) is 11.6 Å². The molecule has 2 atom stereocenters. The fraction of sp³-hybridized carbons (Fsp3) is 0.462. The van der Waals surface area contributed by atoms with E-state index in [0.717, 1.165) is 13.1 Å². The van der Waals surface area contributed by atoms with Crippen molar-refractivity contribution in [2.75, 3.05) is 26.2 Å². The predicted octanol–water partition coefficient (Wildman–Crippen LogP) is 1.54. The molecule has 0 spiro atoms. The summed E-state index contributed by atoms with van der Waals surface area (Å²) in [6.07, 6.45) is 0. The maximum atomic E-state index is 12.4. The second kappa shape index (κ2) is 5.03. The van der Waals surface area contributed by atoms with Crippen LogP contribution in [-0.4, -0.2) is 41.9 Å². The lowest BCUT2D eigenvalue weighted by Gasteiger charge is -2.17. The molecule has 2 fully saturated rings. The number of likely N-dealkylation sites (tertiary alicyclic amines) is 1. The summed E-state index contributed by atoms with van der Waals surface area (Å²) < 4.78 is 0. The van der Waals surface area contributed by atoms with Crippen LogP contribution in [0.3, 0.4) is 0 Å². The van der Waals surface area contributed by atoms with Crippen molar-refractivity contribution in [1.29, 1.82) is 0 Å². The van der Waals surface area contributed by atoms with Crippen molar-refractivity contribution in [1.82, 2.24) is 10.2 Å². The van der Waals surface area contributed by atoms with Gasteiger partial charge in [-0.2, -0.15) is 0 Å². The molecule has 7 heteroatoms. The average Bonchev–Trinajstić information content (AvgIpc) is 2.97. The van der Waals surface area contributed by atoms with Crippen LogP contribution in [0.5, 0.6) is 0 Å². The first-order valence-electron chi connectivity index (χ1n) is 6.49. The Bertz CT molecular complexity index is 566. The van der Waals surface area contributed by atoms with Gasteiger partial charge in [-0.25, -0.2) is 0 Å². The van der Waals surface area contributed by atoms with Crippen molar-refractivity contribution in [3.8, 4) is 0 Å². The average molecular weight is 296 g/mol. The number of nitrogens with one attached hydrogen (secondary N) is 1. The van der Waals surface area contributed by atoms with Gasteiger partial charge in [0.1, 0.15) is 0 Å². The number of nitro benzene ring substituents is 1. The molecule has 2 aliphatic heterocycles. The van der Waals surface area contributed by atoms with Crippen LogP contribution in [-0.2, 0) is 0 Å². The highest BCUT2D eigenvalue weighted by Gasteiger charge is 2.38. The molecule has 2 saturated heterocycles. The Morgan fingerprint density at radius 1 is 1.30 bits per heavy atom. The predicted molar refractivity (Wildman–Crippen MR) is 73.9 cm³/mol. The Morgan fingerprint density at radius 3 is 2.55 bits per heavy atom. The van der Waals surface area contributed by atoms with Crippen LogP contribution in [0.4, 0.5) is 5.69 Å². The van der Waals surface area contributed by atoms with Gasteiger partial charge >= 0.3 is 0 Å². The topological polar surface area (TPSA) is 75.5 Å². The highest BCUT2D eigenvalue weighted by atomic mass is 35.5. The number of nitrogens with zero attached hydrogens (tertiary/aromatic N) is 2. The lowest BCUT2D eigenvalue weighted by atomic mass is 10.0. The zero-order valence-corrected chi connectivity index (χ0v) is 11.5. The summed E-state index contributed by atoms with van der Waals surface area (Å²) in [4.78, 5) is 24.5. The fourth-order valence-electron chi connectivity index (χ4n) is 3.01. The van der Waals surface area contributed by atoms with Gasteiger partial charge in [-0.15, -0.1) is 0 Å². The fourth-order valence-corrected chi connectivity index (χ4v) is 3.24. The molecule has 1 amide bonds. The van der Waals surface area contributed by atoms with Crippen molar-refractivity contribution < 1.29 is 9.72 Å². The smallest absolute Gasteiger partial charge is 0.271 e. The van der Waals surface area contributed by atoms with E-state index in [-0.39, 0.29) is 22.2 Å². The monoisotopic (exact) mass is 295 g/mol. The molecule has 3 rings (SSSR count). The summed E-state index contributed by atoms with van der Waals surface area (Å²) in [5, 5.41) is 14.3. The Kier molecular flexibility index (Phi) is 3.35. The minimum absolute atomic E-state index is 0.151. The standard InChI is InChI=1S/C13H14ClN3O3/c14-11-1-8(2-12(3-11)17(19)20)13(18)16-6-9-4-15-5-10(9)7-16/h1-3,9-10,15H,4-7H2/t9-,10+. The second-order valence-corrected chi connectivity index (χ2v) is 5.78. The summed E-state index contributed by atoms with van der Waals surface area (Å²) in [6.45, 7) is 3.28. The highest BCUT2D eigenvalue weighted by molar-refractivity contribution is 6.31. The van der Waals surface area contributed by atoms with E-state index in [1.807, 2.05) is 0 Å². The summed E-state index contributed by atoms with van der Waals surface area (Å²) in [6, 6.07) is 4.03. The molecule has 106 valence electrons. The van der Waals surface area contributed by atoms with E-state index in [9.17, 15) is 14.9 Å². The van der Waals surface area contributed by atoms with Crippen LogP contribution in [0.15, 0.2) is 18.2 Å². The molecule has 1 N–H and O–H groups in total. The van der Waals surface area contributed by atoms with Gasteiger partial charge in [0.2, 0.25) is 0 Å².